The molecular weight excluding hydrogens is 144 g/mol. The van der Waals surface area contributed by atoms with Crippen molar-refractivity contribution < 1.29 is 5.11 Å². The van der Waals surface area contributed by atoms with Gasteiger partial charge in [0.2, 0.25) is 0 Å². The predicted octanol–water partition coefficient (Wildman–Crippen LogP) is 0.0171. The summed E-state index contributed by atoms with van der Waals surface area (Å²) in [5, 5.41) is 12.8. The first-order valence-electron chi connectivity index (χ1n) is 3.06. The van der Waals surface area contributed by atoms with E-state index in [1.807, 2.05) is 0 Å². The van der Waals surface area contributed by atoms with E-state index in [2.05, 4.69) is 10.1 Å². The van der Waals surface area contributed by atoms with Gasteiger partial charge < -0.3 is 10.8 Å². The average Bonchev–Trinajstić information content (AvgIpc) is 2.36. The summed E-state index contributed by atoms with van der Waals surface area (Å²) in [7, 11) is 0. The number of nitrogen functional groups attached to an aromatic ring is 1. The van der Waals surface area contributed by atoms with E-state index in [4.69, 9.17) is 10.8 Å². The second-order valence-electron chi connectivity index (χ2n) is 2.15. The maximum Gasteiger partial charge on any atom is 0.252 e. The van der Waals surface area contributed by atoms with Crippen molar-refractivity contribution in [2.45, 2.75) is 0 Å². The molecule has 0 bridgehead atoms. The van der Waals surface area contributed by atoms with Gasteiger partial charge in [-0.2, -0.15) is 0 Å². The summed E-state index contributed by atoms with van der Waals surface area (Å²) < 4.78 is 1.45. The summed E-state index contributed by atoms with van der Waals surface area (Å²) in [6, 6.07) is 1.56. The van der Waals surface area contributed by atoms with Crippen LogP contribution in [0, 0.1) is 0 Å². The number of hydrogen-bond donors (Lipinski definition) is 2. The Bertz CT molecular complexity index is 358. The Hall–Kier alpha value is -1.78. The second-order valence-corrected chi connectivity index (χ2v) is 2.15. The quantitative estimate of drug-likeness (QED) is 0.555. The number of aromatic hydroxyl groups is 1. The largest absolute Gasteiger partial charge is 0.491 e. The molecule has 0 spiro atoms. The van der Waals surface area contributed by atoms with Crippen LogP contribution in [0.3, 0.4) is 0 Å². The zero-order valence-corrected chi connectivity index (χ0v) is 5.60. The van der Waals surface area contributed by atoms with Crippen LogP contribution < -0.4 is 5.73 Å². The Balaban J connectivity index is 2.86. The zero-order chi connectivity index (χ0) is 7.84. The molecule has 0 radical (unpaired) electrons. The molecule has 0 saturated carbocycles. The normalized spacial score (nSPS) is 10.5. The maximum atomic E-state index is 9.05. The highest BCUT2D eigenvalue weighted by atomic mass is 16.3. The van der Waals surface area contributed by atoms with Crippen molar-refractivity contribution in [3.8, 4) is 5.88 Å². The molecule has 5 nitrogen and oxygen atoms in total. The van der Waals surface area contributed by atoms with Crippen LogP contribution in [0.25, 0.3) is 5.65 Å². The minimum atomic E-state index is -0.171. The van der Waals surface area contributed by atoms with E-state index in [1.54, 1.807) is 18.5 Å². The number of rotatable bonds is 0. The summed E-state index contributed by atoms with van der Waals surface area (Å²) in [6.07, 6.45) is 3.22. The molecule has 3 N–H and O–H groups in total. The number of anilines is 1. The summed E-state index contributed by atoms with van der Waals surface area (Å²) >= 11 is 0. The molecule has 0 saturated heterocycles. The van der Waals surface area contributed by atoms with Gasteiger partial charge in [0, 0.05) is 18.5 Å². The fraction of sp³-hybridized carbons (Fsp3) is 0. The van der Waals surface area contributed by atoms with Crippen LogP contribution in [0.15, 0.2) is 18.5 Å². The van der Waals surface area contributed by atoms with Gasteiger partial charge in [-0.1, -0.05) is 0 Å². The summed E-state index contributed by atoms with van der Waals surface area (Å²) in [4.78, 5) is 3.93. The molecule has 0 fully saturated rings. The first-order chi connectivity index (χ1) is 5.27. The fourth-order valence-electron chi connectivity index (χ4n) is 0.860. The number of nitrogens with zero attached hydrogens (tertiary/aromatic N) is 3. The SMILES string of the molecule is Nc1cc2nccn2nc1O. The molecule has 5 heteroatoms. The Kier molecular flexibility index (Phi) is 1.00. The van der Waals surface area contributed by atoms with E-state index in [0.717, 1.165) is 0 Å². The molecule has 0 aliphatic carbocycles. The maximum absolute atomic E-state index is 9.05. The van der Waals surface area contributed by atoms with E-state index in [-0.39, 0.29) is 11.6 Å². The second kappa shape index (κ2) is 1.85. The van der Waals surface area contributed by atoms with Crippen molar-refractivity contribution in [2.75, 3.05) is 5.73 Å². The van der Waals surface area contributed by atoms with Crippen molar-refractivity contribution in [2.24, 2.45) is 0 Å². The Labute approximate surface area is 62.1 Å². The van der Waals surface area contributed by atoms with Crippen LogP contribution in [0.2, 0.25) is 0 Å². The van der Waals surface area contributed by atoms with Crippen LogP contribution in [0.4, 0.5) is 5.69 Å². The molecule has 11 heavy (non-hydrogen) atoms. The third-order valence-corrected chi connectivity index (χ3v) is 1.39. The number of fused-ring (bicyclic) bond motifs is 1. The van der Waals surface area contributed by atoms with Gasteiger partial charge in [-0.25, -0.2) is 9.50 Å². The third-order valence-electron chi connectivity index (χ3n) is 1.39. The molecule has 2 aromatic heterocycles. The van der Waals surface area contributed by atoms with Gasteiger partial charge >= 0.3 is 0 Å². The highest BCUT2D eigenvalue weighted by Crippen LogP contribution is 2.15. The minimum absolute atomic E-state index is 0.171. The van der Waals surface area contributed by atoms with Crippen LogP contribution in [0.1, 0.15) is 0 Å². The number of imidazole rings is 1. The highest BCUT2D eigenvalue weighted by molar-refractivity contribution is 5.55. The molecule has 0 aliphatic heterocycles. The first-order valence-corrected chi connectivity index (χ1v) is 3.06. The molecule has 56 valence electrons. The van der Waals surface area contributed by atoms with Gasteiger partial charge in [-0.3, -0.25) is 0 Å². The molecule has 0 aliphatic rings. The molecule has 0 unspecified atom stereocenters. The topological polar surface area (TPSA) is 76.4 Å². The van der Waals surface area contributed by atoms with Gasteiger partial charge in [0.15, 0.2) is 5.65 Å². The number of hydrogen-bond acceptors (Lipinski definition) is 4. The van der Waals surface area contributed by atoms with Crippen molar-refractivity contribution in [1.29, 1.82) is 0 Å². The fourth-order valence-corrected chi connectivity index (χ4v) is 0.860. The molecule has 0 amide bonds. The molecule has 2 rings (SSSR count). The minimum Gasteiger partial charge on any atom is -0.491 e. The van der Waals surface area contributed by atoms with E-state index >= 15 is 0 Å². The average molecular weight is 150 g/mol. The monoisotopic (exact) mass is 150 g/mol. The predicted molar refractivity (Wildman–Crippen MR) is 39.1 cm³/mol. The van der Waals surface area contributed by atoms with Crippen LogP contribution in [0.5, 0.6) is 5.88 Å². The lowest BCUT2D eigenvalue weighted by Gasteiger charge is -1.96. The Morgan fingerprint density at radius 1 is 1.55 bits per heavy atom. The Morgan fingerprint density at radius 2 is 2.36 bits per heavy atom. The van der Waals surface area contributed by atoms with Crippen molar-refractivity contribution in [1.82, 2.24) is 14.6 Å². The summed E-state index contributed by atoms with van der Waals surface area (Å²) in [5.74, 6) is -0.171. The smallest absolute Gasteiger partial charge is 0.252 e. The van der Waals surface area contributed by atoms with Gasteiger partial charge in [-0.15, -0.1) is 5.10 Å². The molecule has 0 atom stereocenters. The molecular formula is C6H6N4O. The number of nitrogens with two attached hydrogens (primary N) is 1. The van der Waals surface area contributed by atoms with Crippen LogP contribution in [-0.2, 0) is 0 Å². The third kappa shape index (κ3) is 0.778. The lowest BCUT2D eigenvalue weighted by molar-refractivity contribution is 0.445. The standard InChI is InChI=1S/C6H6N4O/c7-4-3-5-8-1-2-10(5)9-6(4)11/h1-3H,7H2,(H,9,11). The van der Waals surface area contributed by atoms with E-state index in [9.17, 15) is 0 Å². The van der Waals surface area contributed by atoms with Gasteiger partial charge in [0.05, 0.1) is 5.69 Å². The zero-order valence-electron chi connectivity index (χ0n) is 5.60. The van der Waals surface area contributed by atoms with E-state index in [1.165, 1.54) is 4.52 Å². The lowest BCUT2D eigenvalue weighted by Crippen LogP contribution is -1.94. The van der Waals surface area contributed by atoms with Crippen LogP contribution in [-0.4, -0.2) is 19.7 Å². The van der Waals surface area contributed by atoms with Gasteiger partial charge in [0.25, 0.3) is 5.88 Å². The van der Waals surface area contributed by atoms with Gasteiger partial charge in [-0.05, 0) is 0 Å². The number of aromatic nitrogens is 3. The van der Waals surface area contributed by atoms with Crippen molar-refractivity contribution in [3.05, 3.63) is 18.5 Å². The van der Waals surface area contributed by atoms with Crippen molar-refractivity contribution in [3.63, 3.8) is 0 Å². The highest BCUT2D eigenvalue weighted by Gasteiger charge is 2.00. The van der Waals surface area contributed by atoms with Gasteiger partial charge in [0.1, 0.15) is 0 Å². The summed E-state index contributed by atoms with van der Waals surface area (Å²) in [5.41, 5.74) is 6.24. The Morgan fingerprint density at radius 3 is 3.18 bits per heavy atom. The summed E-state index contributed by atoms with van der Waals surface area (Å²) in [6.45, 7) is 0. The van der Waals surface area contributed by atoms with Crippen LogP contribution >= 0.6 is 0 Å². The molecule has 0 aromatic carbocycles. The molecule has 2 aromatic rings. The molecule has 2 heterocycles. The van der Waals surface area contributed by atoms with E-state index in [0.29, 0.717) is 5.65 Å². The first kappa shape index (κ1) is 5.96. The van der Waals surface area contributed by atoms with Crippen molar-refractivity contribution >= 4 is 11.3 Å². The van der Waals surface area contributed by atoms with E-state index < -0.39 is 0 Å². The lowest BCUT2D eigenvalue weighted by atomic mass is 10.4.